The Kier molecular flexibility index (Phi) is 14.6. The van der Waals surface area contributed by atoms with Gasteiger partial charge in [-0.1, -0.05) is 13.8 Å². The summed E-state index contributed by atoms with van der Waals surface area (Å²) in [5, 5.41) is 39.5. The largest absolute Gasteiger partial charge is 0.481 e. The Bertz CT molecular complexity index is 1710. The van der Waals surface area contributed by atoms with E-state index in [1.165, 1.54) is 0 Å². The van der Waals surface area contributed by atoms with E-state index in [1.807, 2.05) is 0 Å². The summed E-state index contributed by atoms with van der Waals surface area (Å²) in [4.78, 5) is 98.7. The number of hydrogen-bond acceptors (Lipinski definition) is 10. The summed E-state index contributed by atoms with van der Waals surface area (Å²) in [7, 11) is 0. The fourth-order valence-electron chi connectivity index (χ4n) is 4.77. The lowest BCUT2D eigenvalue weighted by Crippen LogP contribution is -2.60. The minimum absolute atomic E-state index is 0.0951. The van der Waals surface area contributed by atoms with Gasteiger partial charge in [-0.3, -0.25) is 33.6 Å². The third kappa shape index (κ3) is 13.0. The predicted octanol–water partition coefficient (Wildman–Crippen LogP) is 0.476. The Morgan fingerprint density at radius 3 is 1.94 bits per heavy atom. The average molecular weight is 730 g/mol. The van der Waals surface area contributed by atoms with Gasteiger partial charge in [0.05, 0.1) is 18.1 Å². The van der Waals surface area contributed by atoms with Gasteiger partial charge in [-0.2, -0.15) is 13.2 Å². The molecule has 51 heavy (non-hydrogen) atoms. The van der Waals surface area contributed by atoms with Gasteiger partial charge in [0.25, 0.3) is 0 Å². The molecular weight excluding hydrogens is 691 g/mol. The molecule has 0 saturated carbocycles. The Balaban J connectivity index is 2.31. The lowest BCUT2D eigenvalue weighted by Gasteiger charge is -2.27. The van der Waals surface area contributed by atoms with E-state index in [1.54, 1.807) is 13.8 Å². The summed E-state index contributed by atoms with van der Waals surface area (Å²) in [5.74, 6) is -8.09. The van der Waals surface area contributed by atoms with Crippen LogP contribution in [0.4, 0.5) is 18.9 Å². The number of carbonyl (C=O) groups is 7. The minimum Gasteiger partial charge on any atom is -0.481 e. The van der Waals surface area contributed by atoms with Crippen LogP contribution in [-0.2, 0) is 39.7 Å². The molecule has 17 nitrogen and oxygen atoms in total. The molecule has 5 atom stereocenters. The average Bonchev–Trinajstić information content (AvgIpc) is 2.98. The summed E-state index contributed by atoms with van der Waals surface area (Å²) in [5.41, 5.74) is -3.47. The first kappa shape index (κ1) is 41.6. The highest BCUT2D eigenvalue weighted by molar-refractivity contribution is 6.01. The molecule has 280 valence electrons. The van der Waals surface area contributed by atoms with Gasteiger partial charge in [0.15, 0.2) is 0 Å². The number of carbonyl (C=O) groups excluding carboxylic acids is 5. The lowest BCUT2D eigenvalue weighted by atomic mass is 10.0. The van der Waals surface area contributed by atoms with Crippen LogP contribution < -0.4 is 32.2 Å². The normalized spacial score (nSPS) is 14.4. The molecule has 8 N–H and O–H groups in total. The Morgan fingerprint density at radius 2 is 1.41 bits per heavy atom. The van der Waals surface area contributed by atoms with Crippen molar-refractivity contribution in [1.29, 1.82) is 0 Å². The summed E-state index contributed by atoms with van der Waals surface area (Å²) < 4.78 is 45.0. The summed E-state index contributed by atoms with van der Waals surface area (Å²) in [6, 6.07) is -3.52. The number of carboxylic acids is 2. The van der Waals surface area contributed by atoms with Gasteiger partial charge in [-0.05, 0) is 37.8 Å². The van der Waals surface area contributed by atoms with E-state index in [0.717, 1.165) is 32.0 Å². The molecule has 0 unspecified atom stereocenters. The van der Waals surface area contributed by atoms with Crippen molar-refractivity contribution in [3.8, 4) is 0 Å². The molecule has 0 aliphatic rings. The Labute approximate surface area is 287 Å². The molecule has 0 spiro atoms. The number of carboxylic acid groups (broad SMARTS) is 2. The number of aliphatic carboxylic acids is 2. The van der Waals surface area contributed by atoms with Crippen LogP contribution in [-0.4, -0.2) is 87.1 Å². The number of rotatable bonds is 17. The molecule has 0 bridgehead atoms. The van der Waals surface area contributed by atoms with Crippen molar-refractivity contribution in [2.24, 2.45) is 5.92 Å². The first-order valence-corrected chi connectivity index (χ1v) is 15.3. The van der Waals surface area contributed by atoms with Gasteiger partial charge >= 0.3 is 23.7 Å². The van der Waals surface area contributed by atoms with E-state index in [4.69, 9.17) is 9.52 Å². The van der Waals surface area contributed by atoms with Gasteiger partial charge in [-0.15, -0.1) is 0 Å². The topological polar surface area (TPSA) is 271 Å². The SMILES string of the molecule is CC(=O)N[C@@H](CC(C)C)C(=O)N[C@@H](CCC(=O)O)C(=O)N[C@@H](C(=O)N[C@@H](CC(=O)O)C(=O)Nc1ccc2c(C(F)(F)F)cc(=O)oc2c1)[C@@H](C)O. The van der Waals surface area contributed by atoms with Crippen molar-refractivity contribution in [1.82, 2.24) is 21.3 Å². The van der Waals surface area contributed by atoms with E-state index in [2.05, 4.69) is 26.6 Å². The standard InChI is InChI=1S/C31H38F3N5O12/c1-13(2)9-20(35-15(4)41)29(49)37-19(7-8-23(42)43)27(47)39-26(14(3)40)30(50)38-21(12-24(44)45)28(48)36-16-5-6-17-18(31(32,33)34)11-25(46)51-22(17)10-16/h5-6,10-11,13-14,19-21,26,40H,7-9,12H2,1-4H3,(H,35,41)(H,36,48)(H,37,49)(H,38,50)(H,39,47)(H,42,43)(H,44,45)/t14-,19+,20+,21+,26-/m1/s1. The summed E-state index contributed by atoms with van der Waals surface area (Å²) in [6.07, 6.45) is -8.66. The second-order valence-electron chi connectivity index (χ2n) is 11.9. The van der Waals surface area contributed by atoms with Crippen molar-refractivity contribution in [3.05, 3.63) is 40.2 Å². The number of benzene rings is 1. The third-order valence-electron chi connectivity index (χ3n) is 7.07. The highest BCUT2D eigenvalue weighted by Gasteiger charge is 2.36. The molecule has 5 amide bonds. The lowest BCUT2D eigenvalue weighted by molar-refractivity contribution is -0.141. The van der Waals surface area contributed by atoms with E-state index < -0.39 is 119 Å². The van der Waals surface area contributed by atoms with Crippen LogP contribution in [0.1, 0.15) is 58.9 Å². The molecule has 20 heteroatoms. The second kappa shape index (κ2) is 17.9. The smallest absolute Gasteiger partial charge is 0.417 e. The molecule has 0 aliphatic carbocycles. The van der Waals surface area contributed by atoms with E-state index in [-0.39, 0.29) is 24.1 Å². The molecule has 0 aliphatic heterocycles. The first-order chi connectivity index (χ1) is 23.6. The van der Waals surface area contributed by atoms with Crippen molar-refractivity contribution >= 4 is 58.1 Å². The maximum Gasteiger partial charge on any atom is 0.417 e. The Morgan fingerprint density at radius 1 is 0.804 bits per heavy atom. The number of nitrogens with one attached hydrogen (secondary N) is 5. The Hall–Kier alpha value is -5.53. The second-order valence-corrected chi connectivity index (χ2v) is 11.9. The van der Waals surface area contributed by atoms with Crippen molar-refractivity contribution < 1.29 is 66.5 Å². The van der Waals surface area contributed by atoms with Gasteiger partial charge in [0.2, 0.25) is 29.5 Å². The van der Waals surface area contributed by atoms with Crippen LogP contribution in [0, 0.1) is 5.92 Å². The number of anilines is 1. The fraction of sp³-hybridized carbons (Fsp3) is 0.484. The molecule has 2 aromatic rings. The monoisotopic (exact) mass is 729 g/mol. The van der Waals surface area contributed by atoms with Gasteiger partial charge < -0.3 is 46.3 Å². The molecule has 2 rings (SSSR count). The van der Waals surface area contributed by atoms with Crippen molar-refractivity contribution in [2.45, 2.75) is 89.8 Å². The van der Waals surface area contributed by atoms with E-state index in [9.17, 15) is 61.7 Å². The highest BCUT2D eigenvalue weighted by Crippen LogP contribution is 2.34. The minimum atomic E-state index is -4.92. The summed E-state index contributed by atoms with van der Waals surface area (Å²) >= 11 is 0. The predicted molar refractivity (Wildman–Crippen MR) is 170 cm³/mol. The molecule has 0 radical (unpaired) electrons. The number of halogens is 3. The van der Waals surface area contributed by atoms with E-state index in [0.29, 0.717) is 0 Å². The zero-order valence-electron chi connectivity index (χ0n) is 27.8. The molecule has 1 aromatic heterocycles. The van der Waals surface area contributed by atoms with Gasteiger partial charge in [-0.25, -0.2) is 4.79 Å². The van der Waals surface area contributed by atoms with Crippen LogP contribution in [0.3, 0.4) is 0 Å². The number of hydrogen-bond donors (Lipinski definition) is 8. The molecule has 0 fully saturated rings. The molecule has 0 saturated heterocycles. The first-order valence-electron chi connectivity index (χ1n) is 15.3. The van der Waals surface area contributed by atoms with Crippen molar-refractivity contribution in [2.75, 3.05) is 5.32 Å². The number of aliphatic hydroxyl groups excluding tert-OH is 1. The maximum atomic E-state index is 13.4. The number of aliphatic hydroxyl groups is 1. The quantitative estimate of drug-likeness (QED) is 0.103. The van der Waals surface area contributed by atoms with Crippen LogP contribution in [0.2, 0.25) is 0 Å². The zero-order chi connectivity index (χ0) is 38.8. The van der Waals surface area contributed by atoms with Crippen molar-refractivity contribution in [3.63, 3.8) is 0 Å². The summed E-state index contributed by atoms with van der Waals surface area (Å²) in [6.45, 7) is 5.73. The number of amides is 5. The number of fused-ring (bicyclic) bond motifs is 1. The van der Waals surface area contributed by atoms with E-state index >= 15 is 0 Å². The highest BCUT2D eigenvalue weighted by atomic mass is 19.4. The molecular formula is C31H38F3N5O12. The van der Waals surface area contributed by atoms with Crippen LogP contribution in [0.25, 0.3) is 11.0 Å². The molecule has 1 heterocycles. The zero-order valence-corrected chi connectivity index (χ0v) is 27.8. The van der Waals surface area contributed by atoms with Gasteiger partial charge in [0.1, 0.15) is 29.8 Å². The van der Waals surface area contributed by atoms with Crippen LogP contribution in [0.15, 0.2) is 33.5 Å². The van der Waals surface area contributed by atoms with Crippen LogP contribution >= 0.6 is 0 Å². The van der Waals surface area contributed by atoms with Gasteiger partial charge in [0, 0.05) is 36.6 Å². The van der Waals surface area contributed by atoms with Crippen LogP contribution in [0.5, 0.6) is 0 Å². The maximum absolute atomic E-state index is 13.4. The molecule has 1 aromatic carbocycles. The third-order valence-corrected chi connectivity index (χ3v) is 7.07. The number of alkyl halides is 3. The fourth-order valence-corrected chi connectivity index (χ4v) is 4.77.